The lowest BCUT2D eigenvalue weighted by atomic mass is 10.0. The second-order valence-corrected chi connectivity index (χ2v) is 6.64. The standard InChI is InChI=1S/C14H19NO4S/c1-4-9-15(10-14(16)17)20(18,19)13-7-5-12(6-8-13)11(2)3/h4-8,11H,1,9-10H2,2-3H3,(H,16,17). The van der Waals surface area contributed by atoms with Gasteiger partial charge in [0.25, 0.3) is 0 Å². The number of nitrogens with zero attached hydrogens (tertiary/aromatic N) is 1. The van der Waals surface area contributed by atoms with Crippen molar-refractivity contribution in [2.75, 3.05) is 13.1 Å². The van der Waals surface area contributed by atoms with Crippen molar-refractivity contribution in [2.24, 2.45) is 0 Å². The molecule has 110 valence electrons. The minimum Gasteiger partial charge on any atom is -0.480 e. The summed E-state index contributed by atoms with van der Waals surface area (Å²) < 4.78 is 25.6. The molecule has 0 aliphatic carbocycles. The highest BCUT2D eigenvalue weighted by Crippen LogP contribution is 2.20. The predicted octanol–water partition coefficient (Wildman–Crippen LogP) is 2.07. The Kier molecular flexibility index (Phi) is 5.47. The number of benzene rings is 1. The van der Waals surface area contributed by atoms with Gasteiger partial charge in [-0.3, -0.25) is 4.79 Å². The Morgan fingerprint density at radius 3 is 2.30 bits per heavy atom. The van der Waals surface area contributed by atoms with Crippen LogP contribution in [0.25, 0.3) is 0 Å². The molecule has 5 nitrogen and oxygen atoms in total. The molecule has 0 aliphatic heterocycles. The van der Waals surface area contributed by atoms with Gasteiger partial charge >= 0.3 is 5.97 Å². The summed E-state index contributed by atoms with van der Waals surface area (Å²) in [7, 11) is -3.82. The number of hydrogen-bond acceptors (Lipinski definition) is 3. The van der Waals surface area contributed by atoms with E-state index in [0.29, 0.717) is 5.92 Å². The van der Waals surface area contributed by atoms with E-state index >= 15 is 0 Å². The normalized spacial score (nSPS) is 11.8. The smallest absolute Gasteiger partial charge is 0.318 e. The van der Waals surface area contributed by atoms with Crippen molar-refractivity contribution in [1.82, 2.24) is 4.31 Å². The highest BCUT2D eigenvalue weighted by molar-refractivity contribution is 7.89. The molecule has 0 radical (unpaired) electrons. The van der Waals surface area contributed by atoms with Crippen LogP contribution in [-0.2, 0) is 14.8 Å². The zero-order chi connectivity index (χ0) is 15.3. The van der Waals surface area contributed by atoms with E-state index in [2.05, 4.69) is 6.58 Å². The van der Waals surface area contributed by atoms with E-state index in [1.807, 2.05) is 13.8 Å². The predicted molar refractivity (Wildman–Crippen MR) is 77.1 cm³/mol. The van der Waals surface area contributed by atoms with E-state index in [1.165, 1.54) is 18.2 Å². The van der Waals surface area contributed by atoms with Gasteiger partial charge in [-0.05, 0) is 23.6 Å². The van der Waals surface area contributed by atoms with E-state index in [1.54, 1.807) is 12.1 Å². The average Bonchev–Trinajstić information content (AvgIpc) is 2.37. The Labute approximate surface area is 119 Å². The van der Waals surface area contributed by atoms with Crippen molar-refractivity contribution in [3.63, 3.8) is 0 Å². The minimum atomic E-state index is -3.82. The molecule has 0 atom stereocenters. The van der Waals surface area contributed by atoms with Gasteiger partial charge in [0.2, 0.25) is 10.0 Å². The first kappa shape index (κ1) is 16.4. The van der Waals surface area contributed by atoms with Gasteiger partial charge in [-0.2, -0.15) is 4.31 Å². The Morgan fingerprint density at radius 2 is 1.90 bits per heavy atom. The lowest BCUT2D eigenvalue weighted by Crippen LogP contribution is -2.35. The van der Waals surface area contributed by atoms with Crippen molar-refractivity contribution in [3.05, 3.63) is 42.5 Å². The molecule has 0 saturated heterocycles. The zero-order valence-corrected chi connectivity index (χ0v) is 12.4. The Morgan fingerprint density at radius 1 is 1.35 bits per heavy atom. The minimum absolute atomic E-state index is 0.0411. The second-order valence-electron chi connectivity index (χ2n) is 4.70. The fourth-order valence-electron chi connectivity index (χ4n) is 1.72. The summed E-state index contributed by atoms with van der Waals surface area (Å²) >= 11 is 0. The van der Waals surface area contributed by atoms with Crippen molar-refractivity contribution < 1.29 is 18.3 Å². The molecule has 1 aromatic carbocycles. The summed E-state index contributed by atoms with van der Waals surface area (Å²) in [4.78, 5) is 10.9. The van der Waals surface area contributed by atoms with E-state index in [-0.39, 0.29) is 11.4 Å². The summed E-state index contributed by atoms with van der Waals surface area (Å²) in [6.45, 7) is 6.85. The van der Waals surface area contributed by atoms with E-state index in [0.717, 1.165) is 9.87 Å². The summed E-state index contributed by atoms with van der Waals surface area (Å²) in [6, 6.07) is 6.49. The molecule has 0 bridgehead atoms. The first-order chi connectivity index (χ1) is 9.28. The van der Waals surface area contributed by atoms with Crippen LogP contribution in [0.3, 0.4) is 0 Å². The van der Waals surface area contributed by atoms with E-state index in [4.69, 9.17) is 5.11 Å². The third-order valence-corrected chi connectivity index (χ3v) is 4.65. The number of carboxylic acid groups (broad SMARTS) is 1. The molecule has 20 heavy (non-hydrogen) atoms. The maximum Gasteiger partial charge on any atom is 0.318 e. The Hall–Kier alpha value is -1.66. The van der Waals surface area contributed by atoms with Crippen LogP contribution >= 0.6 is 0 Å². The van der Waals surface area contributed by atoms with Gasteiger partial charge < -0.3 is 5.11 Å². The summed E-state index contributed by atoms with van der Waals surface area (Å²) in [5.41, 5.74) is 1.03. The van der Waals surface area contributed by atoms with Crippen LogP contribution in [0.15, 0.2) is 41.8 Å². The molecule has 0 amide bonds. The molecule has 0 heterocycles. The van der Waals surface area contributed by atoms with Gasteiger partial charge in [0.1, 0.15) is 6.54 Å². The first-order valence-corrected chi connectivity index (χ1v) is 7.66. The van der Waals surface area contributed by atoms with Crippen molar-refractivity contribution in [1.29, 1.82) is 0 Å². The Bertz CT molecular complexity index is 576. The van der Waals surface area contributed by atoms with E-state index in [9.17, 15) is 13.2 Å². The number of aliphatic carboxylic acids is 1. The maximum absolute atomic E-state index is 12.4. The quantitative estimate of drug-likeness (QED) is 0.782. The molecule has 0 aliphatic rings. The molecule has 0 unspecified atom stereocenters. The largest absolute Gasteiger partial charge is 0.480 e. The number of carboxylic acids is 1. The Balaban J connectivity index is 3.11. The number of hydrogen-bond donors (Lipinski definition) is 1. The van der Waals surface area contributed by atoms with Crippen molar-refractivity contribution in [2.45, 2.75) is 24.7 Å². The van der Waals surface area contributed by atoms with Gasteiger partial charge in [0.15, 0.2) is 0 Å². The lowest BCUT2D eigenvalue weighted by molar-refractivity contribution is -0.137. The van der Waals surface area contributed by atoms with Crippen molar-refractivity contribution in [3.8, 4) is 0 Å². The number of sulfonamides is 1. The average molecular weight is 297 g/mol. The van der Waals surface area contributed by atoms with Gasteiger partial charge in [-0.1, -0.05) is 32.1 Å². The molecular formula is C14H19NO4S. The lowest BCUT2D eigenvalue weighted by Gasteiger charge is -2.19. The van der Waals surface area contributed by atoms with Crippen molar-refractivity contribution >= 4 is 16.0 Å². The second kappa shape index (κ2) is 6.67. The molecule has 1 aromatic rings. The van der Waals surface area contributed by atoms with Gasteiger partial charge in [0.05, 0.1) is 4.90 Å². The van der Waals surface area contributed by atoms with E-state index < -0.39 is 22.5 Å². The first-order valence-electron chi connectivity index (χ1n) is 6.22. The fourth-order valence-corrected chi connectivity index (χ4v) is 3.08. The third-order valence-electron chi connectivity index (χ3n) is 2.83. The molecule has 1 rings (SSSR count). The molecule has 0 saturated carbocycles. The molecule has 1 N–H and O–H groups in total. The van der Waals surface area contributed by atoms with Crippen LogP contribution in [0.2, 0.25) is 0 Å². The molecular weight excluding hydrogens is 278 g/mol. The monoisotopic (exact) mass is 297 g/mol. The zero-order valence-electron chi connectivity index (χ0n) is 11.6. The molecule has 0 spiro atoms. The van der Waals surface area contributed by atoms with Gasteiger partial charge in [-0.15, -0.1) is 6.58 Å². The number of carbonyl (C=O) groups is 1. The third kappa shape index (κ3) is 3.91. The highest BCUT2D eigenvalue weighted by atomic mass is 32.2. The van der Waals surface area contributed by atoms with Crippen LogP contribution in [0.5, 0.6) is 0 Å². The van der Waals surface area contributed by atoms with Crippen LogP contribution < -0.4 is 0 Å². The van der Waals surface area contributed by atoms with Gasteiger partial charge in [0, 0.05) is 6.54 Å². The summed E-state index contributed by atoms with van der Waals surface area (Å²) in [6.07, 6.45) is 1.36. The fraction of sp³-hybridized carbons (Fsp3) is 0.357. The summed E-state index contributed by atoms with van der Waals surface area (Å²) in [5.74, 6) is -0.899. The van der Waals surface area contributed by atoms with Crippen LogP contribution in [0.1, 0.15) is 25.3 Å². The maximum atomic E-state index is 12.4. The SMILES string of the molecule is C=CCN(CC(=O)O)S(=O)(=O)c1ccc(C(C)C)cc1. The number of rotatable bonds is 7. The molecule has 0 fully saturated rings. The summed E-state index contributed by atoms with van der Waals surface area (Å²) in [5, 5.41) is 8.80. The van der Waals surface area contributed by atoms with Crippen LogP contribution in [0, 0.1) is 0 Å². The molecule has 6 heteroatoms. The highest BCUT2D eigenvalue weighted by Gasteiger charge is 2.25. The topological polar surface area (TPSA) is 74.7 Å². The molecule has 0 aromatic heterocycles. The van der Waals surface area contributed by atoms with Crippen LogP contribution in [0.4, 0.5) is 0 Å². The van der Waals surface area contributed by atoms with Gasteiger partial charge in [-0.25, -0.2) is 8.42 Å². The van der Waals surface area contributed by atoms with Crippen LogP contribution in [-0.4, -0.2) is 36.9 Å².